The zero-order valence-electron chi connectivity index (χ0n) is 11.6. The van der Waals surface area contributed by atoms with E-state index in [0.717, 1.165) is 5.56 Å². The molecule has 76 valence electrons. The summed E-state index contributed by atoms with van der Waals surface area (Å²) in [6, 6.07) is 8.83. The van der Waals surface area contributed by atoms with Crippen molar-refractivity contribution in [2.75, 3.05) is 0 Å². The molecule has 0 radical (unpaired) electrons. The molecule has 0 unspecified atom stereocenters. The summed E-state index contributed by atoms with van der Waals surface area (Å²) in [7, 11) is 0. The number of aliphatic hydroxyl groups is 1. The van der Waals surface area contributed by atoms with Crippen LogP contribution in [0.3, 0.4) is 0 Å². The van der Waals surface area contributed by atoms with Gasteiger partial charge in [-0.05, 0) is 12.4 Å². The Hall–Kier alpha value is -1.35. The molecule has 14 heavy (non-hydrogen) atoms. The van der Waals surface area contributed by atoms with Crippen molar-refractivity contribution in [1.82, 2.24) is 0 Å². The molecule has 1 rings (SSSR count). The van der Waals surface area contributed by atoms with Gasteiger partial charge in [0.15, 0.2) is 0 Å². The van der Waals surface area contributed by atoms with E-state index in [1.54, 1.807) is 24.3 Å². The van der Waals surface area contributed by atoms with Crippen LogP contribution >= 0.6 is 0 Å². The first-order valence-corrected chi connectivity index (χ1v) is 4.14. The molecule has 0 fully saturated rings. The third kappa shape index (κ3) is 4.05. The quantitative estimate of drug-likeness (QED) is 0.746. The Morgan fingerprint density at radius 3 is 3.00 bits per heavy atom. The van der Waals surface area contributed by atoms with Gasteiger partial charge in [0, 0.05) is 4.11 Å². The van der Waals surface area contributed by atoms with Crippen LogP contribution < -0.4 is 0 Å². The van der Waals surface area contributed by atoms with Crippen LogP contribution in [0.25, 0.3) is 0 Å². The fraction of sp³-hybridized carbons (Fsp3) is 0.364. The maximum atomic E-state index is 11.3. The first kappa shape index (κ1) is 6.19. The fourth-order valence-electron chi connectivity index (χ4n) is 0.926. The van der Waals surface area contributed by atoms with E-state index in [4.69, 9.17) is 10.2 Å². The van der Waals surface area contributed by atoms with E-state index < -0.39 is 25.3 Å². The first-order chi connectivity index (χ1) is 8.22. The molecule has 0 saturated heterocycles. The van der Waals surface area contributed by atoms with Gasteiger partial charge in [0.1, 0.15) is 6.61 Å². The molecule has 0 amide bonds. The van der Waals surface area contributed by atoms with Crippen LogP contribution in [0.2, 0.25) is 0 Å². The second kappa shape index (κ2) is 5.40. The lowest BCUT2D eigenvalue weighted by molar-refractivity contribution is -0.146. The van der Waals surface area contributed by atoms with E-state index in [-0.39, 0.29) is 6.61 Å². The number of hydrogen-bond donors (Lipinski definition) is 1. The molecule has 0 aromatic heterocycles. The molecule has 0 heterocycles. The van der Waals surface area contributed by atoms with Gasteiger partial charge in [0.25, 0.3) is 0 Å². The van der Waals surface area contributed by atoms with Crippen LogP contribution in [0.1, 0.15) is 24.3 Å². The third-order valence-corrected chi connectivity index (χ3v) is 1.55. The van der Waals surface area contributed by atoms with Gasteiger partial charge in [0.05, 0.1) is 13.9 Å². The van der Waals surface area contributed by atoms with E-state index in [1.807, 2.05) is 6.07 Å². The molecule has 1 atom stereocenters. The van der Waals surface area contributed by atoms with E-state index in [1.165, 1.54) is 0 Å². The number of esters is 1. The topological polar surface area (TPSA) is 46.5 Å². The number of ether oxygens (including phenoxy) is 1. The lowest BCUT2D eigenvalue weighted by Crippen LogP contribution is -2.12. The highest BCUT2D eigenvalue weighted by Crippen LogP contribution is 2.02. The van der Waals surface area contributed by atoms with Crippen molar-refractivity contribution in [2.24, 2.45) is 0 Å². The predicted octanol–water partition coefficient (Wildman–Crippen LogP) is 1.50. The van der Waals surface area contributed by atoms with E-state index >= 15 is 0 Å². The molecule has 3 heteroatoms. The molecule has 1 aromatic rings. The Bertz CT molecular complexity index is 400. The lowest BCUT2D eigenvalue weighted by Gasteiger charge is -2.05. The number of benzene rings is 1. The second-order valence-electron chi connectivity index (χ2n) is 2.77. The zero-order chi connectivity index (χ0) is 13.8. The van der Waals surface area contributed by atoms with Crippen molar-refractivity contribution >= 4 is 5.97 Å². The average molecular weight is 198 g/mol. The number of carbonyl (C=O) groups is 1. The Kier molecular flexibility index (Phi) is 2.39. The zero-order valence-corrected chi connectivity index (χ0v) is 7.56. The van der Waals surface area contributed by atoms with Gasteiger partial charge >= 0.3 is 5.97 Å². The van der Waals surface area contributed by atoms with Crippen LogP contribution in [-0.4, -0.2) is 17.2 Å². The maximum absolute atomic E-state index is 11.3. The molecule has 0 spiro atoms. The Morgan fingerprint density at radius 2 is 2.36 bits per heavy atom. The van der Waals surface area contributed by atoms with Crippen molar-refractivity contribution < 1.29 is 20.1 Å². The van der Waals surface area contributed by atoms with E-state index in [0.29, 0.717) is 0 Å². The third-order valence-electron chi connectivity index (χ3n) is 1.55. The number of carbonyl (C=O) groups excluding carboxylic acids is 1. The summed E-state index contributed by atoms with van der Waals surface area (Å²) >= 11 is 0. The molecule has 3 nitrogen and oxygen atoms in total. The molecule has 0 bridgehead atoms. The normalized spacial score (nSPS) is 19.5. The van der Waals surface area contributed by atoms with Crippen LogP contribution in [0, 0.1) is 0 Å². The monoisotopic (exact) mass is 198 g/mol. The Morgan fingerprint density at radius 1 is 1.64 bits per heavy atom. The van der Waals surface area contributed by atoms with Crippen LogP contribution in [0.5, 0.6) is 0 Å². The second-order valence-corrected chi connectivity index (χ2v) is 2.77. The van der Waals surface area contributed by atoms with Gasteiger partial charge in [-0.1, -0.05) is 30.3 Å². The molecule has 0 aliphatic heterocycles. The van der Waals surface area contributed by atoms with Gasteiger partial charge in [-0.2, -0.15) is 0 Å². The number of hydrogen-bond acceptors (Lipinski definition) is 3. The molecular weight excluding hydrogens is 180 g/mol. The van der Waals surface area contributed by atoms with Crippen LogP contribution in [0.15, 0.2) is 30.3 Å². The molecule has 0 saturated carbocycles. The van der Waals surface area contributed by atoms with Crippen molar-refractivity contribution in [3.05, 3.63) is 35.9 Å². The van der Waals surface area contributed by atoms with Crippen molar-refractivity contribution in [2.45, 2.75) is 26.0 Å². The highest BCUT2D eigenvalue weighted by molar-refractivity contribution is 5.69. The maximum Gasteiger partial charge on any atom is 0.308 e. The molecule has 1 aromatic carbocycles. The summed E-state index contributed by atoms with van der Waals surface area (Å²) in [6.07, 6.45) is -3.71. The SMILES string of the molecule is [2H]C([2H])([2H])[C@@]([2H])(O)CC(=O)OCc1ccccc1. The van der Waals surface area contributed by atoms with Crippen LogP contribution in [-0.2, 0) is 16.1 Å². The summed E-state index contributed by atoms with van der Waals surface area (Å²) in [5.41, 5.74) is 0.744. The minimum Gasteiger partial charge on any atom is -0.461 e. The molecule has 0 aliphatic rings. The van der Waals surface area contributed by atoms with Gasteiger partial charge in [-0.3, -0.25) is 4.79 Å². The molecule has 1 N–H and O–H groups in total. The highest BCUT2D eigenvalue weighted by atomic mass is 16.5. The standard InChI is InChI=1S/C11H14O3/c1-9(12)7-11(13)14-8-10-5-3-2-4-6-10/h2-6,9,12H,7-8H2,1H3/t9-/m1/s1/i1D3,9D. The molecule has 0 aliphatic carbocycles. The first-order valence-electron chi connectivity index (χ1n) is 6.14. The van der Waals surface area contributed by atoms with Gasteiger partial charge in [-0.25, -0.2) is 0 Å². The number of rotatable bonds is 4. The summed E-state index contributed by atoms with van der Waals surface area (Å²) in [5, 5.41) is 9.32. The summed E-state index contributed by atoms with van der Waals surface area (Å²) in [4.78, 5) is 11.3. The van der Waals surface area contributed by atoms with E-state index in [2.05, 4.69) is 0 Å². The minimum absolute atomic E-state index is 0.0171. The summed E-state index contributed by atoms with van der Waals surface area (Å²) in [6.45, 7) is -2.96. The average Bonchev–Trinajstić information content (AvgIpc) is 2.26. The van der Waals surface area contributed by atoms with Crippen molar-refractivity contribution in [3.8, 4) is 0 Å². The van der Waals surface area contributed by atoms with Crippen molar-refractivity contribution in [3.63, 3.8) is 0 Å². The molecular formula is C11H14O3. The van der Waals surface area contributed by atoms with Gasteiger partial charge in [0.2, 0.25) is 0 Å². The lowest BCUT2D eigenvalue weighted by atomic mass is 10.2. The van der Waals surface area contributed by atoms with Crippen LogP contribution in [0.4, 0.5) is 0 Å². The largest absolute Gasteiger partial charge is 0.461 e. The van der Waals surface area contributed by atoms with Crippen molar-refractivity contribution in [1.29, 1.82) is 0 Å². The van der Waals surface area contributed by atoms with E-state index in [9.17, 15) is 9.90 Å². The minimum atomic E-state index is -2.95. The fourth-order valence-corrected chi connectivity index (χ4v) is 0.926. The summed E-state index contributed by atoms with van der Waals surface area (Å²) < 4.78 is 32.7. The highest BCUT2D eigenvalue weighted by Gasteiger charge is 2.06. The van der Waals surface area contributed by atoms with Gasteiger partial charge < -0.3 is 9.84 Å². The Balaban J connectivity index is 2.48. The smallest absolute Gasteiger partial charge is 0.308 e. The Labute approximate surface area is 88.9 Å². The summed E-state index contributed by atoms with van der Waals surface area (Å²) in [5.74, 6) is -0.924. The van der Waals surface area contributed by atoms with Gasteiger partial charge in [-0.15, -0.1) is 0 Å². The predicted molar refractivity (Wildman–Crippen MR) is 52.5 cm³/mol.